The lowest BCUT2D eigenvalue weighted by Gasteiger charge is -2.24. The molecule has 3 N–H and O–H groups in total. The molecule has 1 saturated carbocycles. The van der Waals surface area contributed by atoms with Crippen LogP contribution in [0.3, 0.4) is 0 Å². The lowest BCUT2D eigenvalue weighted by Crippen LogP contribution is -2.38. The third-order valence-corrected chi connectivity index (χ3v) is 4.73. The Kier molecular flexibility index (Phi) is 12.1. The van der Waals surface area contributed by atoms with Crippen molar-refractivity contribution < 1.29 is 9.53 Å². The Balaban J connectivity index is 0.00000392. The number of guanidine groups is 1. The number of benzene rings is 1. The lowest BCUT2D eigenvalue weighted by atomic mass is 9.85. The second-order valence-corrected chi connectivity index (χ2v) is 7.46. The number of anilines is 1. The Morgan fingerprint density at radius 2 is 2.04 bits per heavy atom. The highest BCUT2D eigenvalue weighted by Gasteiger charge is 2.25. The average molecular weight is 502 g/mol. The number of aliphatic imine (C=N–C) groups is 1. The first-order valence-electron chi connectivity index (χ1n) is 10.0. The van der Waals surface area contributed by atoms with Crippen molar-refractivity contribution in [3.8, 4) is 0 Å². The first-order chi connectivity index (χ1) is 13.1. The van der Waals surface area contributed by atoms with E-state index in [0.29, 0.717) is 19.1 Å². The van der Waals surface area contributed by atoms with Crippen LogP contribution >= 0.6 is 24.0 Å². The van der Waals surface area contributed by atoms with Crippen LogP contribution in [0.2, 0.25) is 0 Å². The molecule has 7 heteroatoms. The van der Waals surface area contributed by atoms with Gasteiger partial charge in [0.15, 0.2) is 5.96 Å². The van der Waals surface area contributed by atoms with Gasteiger partial charge in [0.2, 0.25) is 5.91 Å². The quantitative estimate of drug-likeness (QED) is 0.197. The predicted molar refractivity (Wildman–Crippen MR) is 126 cm³/mol. The van der Waals surface area contributed by atoms with Crippen LogP contribution in [-0.2, 0) is 16.1 Å². The summed E-state index contributed by atoms with van der Waals surface area (Å²) < 4.78 is 5.60. The molecule has 1 fully saturated rings. The number of ether oxygens (including phenoxy) is 1. The van der Waals surface area contributed by atoms with Crippen LogP contribution in [-0.4, -0.2) is 38.7 Å². The van der Waals surface area contributed by atoms with Gasteiger partial charge in [0, 0.05) is 38.3 Å². The zero-order valence-corrected chi connectivity index (χ0v) is 19.6. The molecule has 0 unspecified atom stereocenters. The summed E-state index contributed by atoms with van der Waals surface area (Å²) in [5.41, 5.74) is 1.95. The zero-order chi connectivity index (χ0) is 19.5. The van der Waals surface area contributed by atoms with Crippen LogP contribution in [0.15, 0.2) is 29.3 Å². The van der Waals surface area contributed by atoms with Crippen LogP contribution in [0.5, 0.6) is 0 Å². The first kappa shape index (κ1) is 24.7. The van der Waals surface area contributed by atoms with E-state index in [-0.39, 0.29) is 35.8 Å². The fourth-order valence-corrected chi connectivity index (χ4v) is 2.74. The fourth-order valence-electron chi connectivity index (χ4n) is 2.74. The normalized spacial score (nSPS) is 14.2. The Hall–Kier alpha value is -1.35. The second kappa shape index (κ2) is 13.8. The number of carbonyl (C=O) groups excluding carboxylic acids is 1. The summed E-state index contributed by atoms with van der Waals surface area (Å²) in [7, 11) is 1.75. The molecule has 2 rings (SSSR count). The fraction of sp³-hybridized carbons (Fsp3) is 0.619. The number of nitrogens with one attached hydrogen (secondary N) is 3. The van der Waals surface area contributed by atoms with Crippen molar-refractivity contribution in [2.45, 2.75) is 46.1 Å². The average Bonchev–Trinajstić information content (AvgIpc) is 2.59. The molecule has 1 aromatic rings. The van der Waals surface area contributed by atoms with Gasteiger partial charge in [-0.1, -0.05) is 32.4 Å². The third kappa shape index (κ3) is 9.23. The number of amides is 1. The van der Waals surface area contributed by atoms with E-state index < -0.39 is 0 Å². The molecule has 28 heavy (non-hydrogen) atoms. The zero-order valence-electron chi connectivity index (χ0n) is 17.3. The van der Waals surface area contributed by atoms with E-state index in [4.69, 9.17) is 4.74 Å². The molecule has 158 valence electrons. The highest BCUT2D eigenvalue weighted by molar-refractivity contribution is 14.0. The van der Waals surface area contributed by atoms with E-state index in [1.54, 1.807) is 7.05 Å². The standard InChI is InChI=1S/C21H34N4O2.HI/c1-16(2)10-12-27-13-11-23-21(22-3)24-15-17-6-4-9-19(14-17)25-20(26)18-7-5-8-18;/h4,6,9,14,16,18H,5,7-8,10-13,15H2,1-3H3,(H,25,26)(H2,22,23,24);1H. The molecule has 1 aliphatic carbocycles. The number of hydrogen-bond donors (Lipinski definition) is 3. The number of nitrogens with zero attached hydrogens (tertiary/aromatic N) is 1. The Morgan fingerprint density at radius 3 is 2.68 bits per heavy atom. The van der Waals surface area contributed by atoms with Gasteiger partial charge in [-0.3, -0.25) is 9.79 Å². The molecule has 1 aliphatic rings. The van der Waals surface area contributed by atoms with Gasteiger partial charge in [0.25, 0.3) is 0 Å². The van der Waals surface area contributed by atoms with Gasteiger partial charge in [-0.25, -0.2) is 0 Å². The minimum absolute atomic E-state index is 0. The van der Waals surface area contributed by atoms with Crippen molar-refractivity contribution in [2.24, 2.45) is 16.8 Å². The first-order valence-corrected chi connectivity index (χ1v) is 10.0. The molecule has 0 spiro atoms. The van der Waals surface area contributed by atoms with E-state index in [9.17, 15) is 4.79 Å². The van der Waals surface area contributed by atoms with E-state index in [1.165, 1.54) is 0 Å². The largest absolute Gasteiger partial charge is 0.380 e. The molecule has 0 saturated heterocycles. The molecular weight excluding hydrogens is 467 g/mol. The van der Waals surface area contributed by atoms with Crippen LogP contribution in [0.25, 0.3) is 0 Å². The molecule has 0 heterocycles. The van der Waals surface area contributed by atoms with Gasteiger partial charge in [-0.2, -0.15) is 0 Å². The summed E-state index contributed by atoms with van der Waals surface area (Å²) in [5.74, 6) is 1.74. The summed E-state index contributed by atoms with van der Waals surface area (Å²) in [4.78, 5) is 16.3. The Morgan fingerprint density at radius 1 is 1.25 bits per heavy atom. The second-order valence-electron chi connectivity index (χ2n) is 7.46. The highest BCUT2D eigenvalue weighted by Crippen LogP contribution is 2.27. The van der Waals surface area contributed by atoms with Crippen molar-refractivity contribution in [2.75, 3.05) is 32.1 Å². The Bertz CT molecular complexity index is 618. The molecule has 1 amide bonds. The minimum atomic E-state index is 0. The molecule has 0 bridgehead atoms. The van der Waals surface area contributed by atoms with Gasteiger partial charge in [-0.05, 0) is 42.9 Å². The Labute approximate surface area is 186 Å². The number of halogens is 1. The van der Waals surface area contributed by atoms with E-state index in [1.807, 2.05) is 24.3 Å². The minimum Gasteiger partial charge on any atom is -0.380 e. The predicted octanol–water partition coefficient (Wildman–Crippen LogP) is 3.77. The summed E-state index contributed by atoms with van der Waals surface area (Å²) in [5, 5.41) is 9.56. The summed E-state index contributed by atoms with van der Waals surface area (Å²) >= 11 is 0. The third-order valence-electron chi connectivity index (χ3n) is 4.73. The van der Waals surface area contributed by atoms with Gasteiger partial charge in [0.1, 0.15) is 0 Å². The van der Waals surface area contributed by atoms with Gasteiger partial charge >= 0.3 is 0 Å². The molecule has 1 aromatic carbocycles. The number of rotatable bonds is 10. The summed E-state index contributed by atoms with van der Waals surface area (Å²) in [6, 6.07) is 7.94. The van der Waals surface area contributed by atoms with Crippen LogP contribution in [0.1, 0.15) is 45.1 Å². The molecule has 0 atom stereocenters. The number of carbonyl (C=O) groups is 1. The summed E-state index contributed by atoms with van der Waals surface area (Å²) in [6.45, 7) is 7.21. The highest BCUT2D eigenvalue weighted by atomic mass is 127. The van der Waals surface area contributed by atoms with Crippen molar-refractivity contribution in [3.05, 3.63) is 29.8 Å². The van der Waals surface area contributed by atoms with E-state index in [2.05, 4.69) is 34.8 Å². The van der Waals surface area contributed by atoms with Crippen molar-refractivity contribution in [3.63, 3.8) is 0 Å². The maximum absolute atomic E-state index is 12.1. The smallest absolute Gasteiger partial charge is 0.227 e. The van der Waals surface area contributed by atoms with Gasteiger partial charge in [-0.15, -0.1) is 24.0 Å². The summed E-state index contributed by atoms with van der Waals surface area (Å²) in [6.07, 6.45) is 4.27. The molecular formula is C21H35IN4O2. The number of hydrogen-bond acceptors (Lipinski definition) is 3. The lowest BCUT2D eigenvalue weighted by molar-refractivity contribution is -0.122. The molecule has 0 aliphatic heterocycles. The van der Waals surface area contributed by atoms with Crippen LogP contribution < -0.4 is 16.0 Å². The monoisotopic (exact) mass is 502 g/mol. The van der Waals surface area contributed by atoms with Crippen molar-refractivity contribution >= 4 is 41.5 Å². The van der Waals surface area contributed by atoms with E-state index >= 15 is 0 Å². The topological polar surface area (TPSA) is 74.8 Å². The van der Waals surface area contributed by atoms with E-state index in [0.717, 1.165) is 56.0 Å². The molecule has 6 nitrogen and oxygen atoms in total. The maximum Gasteiger partial charge on any atom is 0.227 e. The van der Waals surface area contributed by atoms with Crippen molar-refractivity contribution in [1.29, 1.82) is 0 Å². The molecule has 0 radical (unpaired) electrons. The van der Waals surface area contributed by atoms with Crippen LogP contribution in [0.4, 0.5) is 5.69 Å². The van der Waals surface area contributed by atoms with Crippen LogP contribution in [0, 0.1) is 11.8 Å². The molecule has 0 aromatic heterocycles. The maximum atomic E-state index is 12.1. The SMILES string of the molecule is CN=C(NCCOCCC(C)C)NCc1cccc(NC(=O)C2CCC2)c1.I. The van der Waals surface area contributed by atoms with Crippen molar-refractivity contribution in [1.82, 2.24) is 10.6 Å². The van der Waals surface area contributed by atoms with Gasteiger partial charge < -0.3 is 20.7 Å². The van der Waals surface area contributed by atoms with Gasteiger partial charge in [0.05, 0.1) is 6.61 Å².